The van der Waals surface area contributed by atoms with Gasteiger partial charge in [-0.25, -0.2) is 4.39 Å². The summed E-state index contributed by atoms with van der Waals surface area (Å²) in [6.45, 7) is 0. The fourth-order valence-corrected chi connectivity index (χ4v) is 2.84. The van der Waals surface area contributed by atoms with Crippen molar-refractivity contribution in [3.63, 3.8) is 0 Å². The van der Waals surface area contributed by atoms with E-state index in [1.807, 2.05) is 0 Å². The van der Waals surface area contributed by atoms with Crippen LogP contribution in [-0.4, -0.2) is 22.0 Å². The topological polar surface area (TPSA) is 101 Å². The van der Waals surface area contributed by atoms with E-state index in [9.17, 15) is 14.0 Å². The number of hydrogen-bond donors (Lipinski definition) is 3. The van der Waals surface area contributed by atoms with Gasteiger partial charge in [0.2, 0.25) is 5.91 Å². The Hall–Kier alpha value is -3.19. The summed E-state index contributed by atoms with van der Waals surface area (Å²) in [7, 11) is 0. The number of rotatable bonds is 6. The molecule has 0 saturated carbocycles. The number of aromatic nitrogens is 2. The molecule has 1 atom stereocenters. The van der Waals surface area contributed by atoms with Crippen molar-refractivity contribution >= 4 is 23.4 Å². The number of carbonyl (C=O) groups excluding carboxylic acids is 2. The Labute approximate surface area is 159 Å². The number of carbonyl (C=O) groups is 2. The summed E-state index contributed by atoms with van der Waals surface area (Å²) in [5, 5.41) is 9.78. The second kappa shape index (κ2) is 8.01. The number of amides is 2. The molecule has 2 amide bonds. The summed E-state index contributed by atoms with van der Waals surface area (Å²) in [6, 6.07) is 12.1. The van der Waals surface area contributed by atoms with Gasteiger partial charge in [0, 0.05) is 10.6 Å². The maximum Gasteiger partial charge on any atom is 0.255 e. The number of nitrogens with zero attached hydrogens (tertiary/aromatic N) is 1. The first-order valence-corrected chi connectivity index (χ1v) is 8.46. The van der Waals surface area contributed by atoms with Gasteiger partial charge in [0.15, 0.2) is 0 Å². The molecular weight excluding hydrogens is 371 g/mol. The predicted octanol–water partition coefficient (Wildman–Crippen LogP) is 3.22. The Kier molecular flexibility index (Phi) is 5.52. The number of aromatic amines is 1. The van der Waals surface area contributed by atoms with Crippen LogP contribution in [0.3, 0.4) is 0 Å². The summed E-state index contributed by atoms with van der Waals surface area (Å²) < 4.78 is 14.1. The monoisotopic (exact) mass is 386 g/mol. The normalized spacial score (nSPS) is 11.8. The average molecular weight is 387 g/mol. The molecule has 4 N–H and O–H groups in total. The van der Waals surface area contributed by atoms with Gasteiger partial charge in [-0.2, -0.15) is 5.10 Å². The quantitative estimate of drug-likeness (QED) is 0.606. The van der Waals surface area contributed by atoms with Crippen LogP contribution in [0.4, 0.5) is 4.39 Å². The largest absolute Gasteiger partial charge is 0.370 e. The molecular formula is C19H16ClFN4O2. The molecule has 3 aromatic rings. The molecule has 1 aromatic heterocycles. The third-order valence-electron chi connectivity index (χ3n) is 4.01. The smallest absolute Gasteiger partial charge is 0.255 e. The van der Waals surface area contributed by atoms with E-state index < -0.39 is 23.7 Å². The Bertz CT molecular complexity index is 972. The Morgan fingerprint density at radius 3 is 2.56 bits per heavy atom. The second-order valence-corrected chi connectivity index (χ2v) is 6.32. The average Bonchev–Trinajstić information content (AvgIpc) is 3.11. The van der Waals surface area contributed by atoms with Gasteiger partial charge < -0.3 is 11.1 Å². The third-order valence-corrected chi connectivity index (χ3v) is 4.26. The van der Waals surface area contributed by atoms with Gasteiger partial charge in [0.1, 0.15) is 5.82 Å². The Morgan fingerprint density at radius 2 is 1.89 bits per heavy atom. The van der Waals surface area contributed by atoms with E-state index in [2.05, 4.69) is 15.5 Å². The second-order valence-electron chi connectivity index (χ2n) is 5.89. The highest BCUT2D eigenvalue weighted by Gasteiger charge is 2.22. The van der Waals surface area contributed by atoms with E-state index in [4.69, 9.17) is 17.3 Å². The van der Waals surface area contributed by atoms with Gasteiger partial charge >= 0.3 is 0 Å². The van der Waals surface area contributed by atoms with Crippen LogP contribution in [0.2, 0.25) is 5.02 Å². The molecule has 0 spiro atoms. The number of primary amides is 1. The standard InChI is InChI=1S/C19H16ClFN4O2/c20-12-7-5-11(6-8-12)16(9-17(22)26)24-19(27)14-10-23-25-18(14)13-3-1-2-4-15(13)21/h1-8,10,16H,9H2,(H2,22,26)(H,23,25)(H,24,27)/t16-/m1/s1. The van der Waals surface area contributed by atoms with Crippen LogP contribution in [0, 0.1) is 5.82 Å². The summed E-state index contributed by atoms with van der Waals surface area (Å²) in [4.78, 5) is 24.2. The van der Waals surface area contributed by atoms with Crippen molar-refractivity contribution in [2.24, 2.45) is 5.73 Å². The first-order valence-electron chi connectivity index (χ1n) is 8.08. The number of benzene rings is 2. The van der Waals surface area contributed by atoms with Gasteiger partial charge in [0.25, 0.3) is 5.91 Å². The van der Waals surface area contributed by atoms with Crippen LogP contribution >= 0.6 is 11.6 Å². The third kappa shape index (κ3) is 4.32. The number of H-pyrrole nitrogens is 1. The van der Waals surface area contributed by atoms with Crippen LogP contribution in [-0.2, 0) is 4.79 Å². The lowest BCUT2D eigenvalue weighted by atomic mass is 10.0. The minimum atomic E-state index is -0.657. The fraction of sp³-hybridized carbons (Fsp3) is 0.105. The zero-order valence-corrected chi connectivity index (χ0v) is 14.8. The van der Waals surface area contributed by atoms with Crippen molar-refractivity contribution in [1.82, 2.24) is 15.5 Å². The van der Waals surface area contributed by atoms with Crippen molar-refractivity contribution in [2.75, 3.05) is 0 Å². The van der Waals surface area contributed by atoms with Gasteiger partial charge in [-0.15, -0.1) is 0 Å². The first kappa shape index (κ1) is 18.6. The molecule has 138 valence electrons. The highest BCUT2D eigenvalue weighted by molar-refractivity contribution is 6.30. The molecule has 2 aromatic carbocycles. The molecule has 8 heteroatoms. The number of nitrogens with two attached hydrogens (primary N) is 1. The lowest BCUT2D eigenvalue weighted by Crippen LogP contribution is -2.32. The van der Waals surface area contributed by atoms with E-state index in [0.717, 1.165) is 0 Å². The van der Waals surface area contributed by atoms with E-state index in [0.29, 0.717) is 10.6 Å². The van der Waals surface area contributed by atoms with Gasteiger partial charge in [-0.3, -0.25) is 14.7 Å². The van der Waals surface area contributed by atoms with Crippen LogP contribution in [0.25, 0.3) is 11.3 Å². The molecule has 3 rings (SSSR count). The minimum absolute atomic E-state index is 0.0970. The summed E-state index contributed by atoms with van der Waals surface area (Å²) >= 11 is 5.89. The molecule has 0 fully saturated rings. The molecule has 1 heterocycles. The molecule has 0 radical (unpaired) electrons. The summed E-state index contributed by atoms with van der Waals surface area (Å²) in [5.41, 5.74) is 6.61. The van der Waals surface area contributed by atoms with Crippen LogP contribution < -0.4 is 11.1 Å². The molecule has 0 saturated heterocycles. The highest BCUT2D eigenvalue weighted by Crippen LogP contribution is 2.25. The zero-order valence-electron chi connectivity index (χ0n) is 14.1. The van der Waals surface area contributed by atoms with E-state index >= 15 is 0 Å². The maximum absolute atomic E-state index is 14.1. The molecule has 0 bridgehead atoms. The molecule has 27 heavy (non-hydrogen) atoms. The number of nitrogens with one attached hydrogen (secondary N) is 2. The van der Waals surface area contributed by atoms with Gasteiger partial charge in [-0.05, 0) is 29.8 Å². The predicted molar refractivity (Wildman–Crippen MR) is 99.5 cm³/mol. The zero-order chi connectivity index (χ0) is 19.4. The number of hydrogen-bond acceptors (Lipinski definition) is 3. The molecule has 0 aliphatic carbocycles. The van der Waals surface area contributed by atoms with Gasteiger partial charge in [-0.1, -0.05) is 35.9 Å². The Balaban J connectivity index is 1.89. The van der Waals surface area contributed by atoms with E-state index in [1.165, 1.54) is 12.3 Å². The minimum Gasteiger partial charge on any atom is -0.370 e. The van der Waals surface area contributed by atoms with Gasteiger partial charge in [0.05, 0.1) is 29.9 Å². The molecule has 0 aliphatic heterocycles. The van der Waals surface area contributed by atoms with Crippen molar-refractivity contribution in [3.05, 3.63) is 76.7 Å². The maximum atomic E-state index is 14.1. The van der Waals surface area contributed by atoms with Crippen molar-refractivity contribution < 1.29 is 14.0 Å². The summed E-state index contributed by atoms with van der Waals surface area (Å²) in [6.07, 6.45) is 1.21. The molecule has 6 nitrogen and oxygen atoms in total. The lowest BCUT2D eigenvalue weighted by Gasteiger charge is -2.18. The molecule has 0 unspecified atom stereocenters. The van der Waals surface area contributed by atoms with Crippen LogP contribution in [0.5, 0.6) is 0 Å². The Morgan fingerprint density at radius 1 is 1.19 bits per heavy atom. The lowest BCUT2D eigenvalue weighted by molar-refractivity contribution is -0.118. The SMILES string of the molecule is NC(=O)C[C@@H](NC(=O)c1cn[nH]c1-c1ccccc1F)c1ccc(Cl)cc1. The number of halogens is 2. The summed E-state index contributed by atoms with van der Waals surface area (Å²) in [5.74, 6) is -1.57. The van der Waals surface area contributed by atoms with Crippen molar-refractivity contribution in [1.29, 1.82) is 0 Å². The van der Waals surface area contributed by atoms with Crippen LogP contribution in [0.15, 0.2) is 54.7 Å². The first-order chi connectivity index (χ1) is 13.0. The van der Waals surface area contributed by atoms with Crippen LogP contribution in [0.1, 0.15) is 28.4 Å². The van der Waals surface area contributed by atoms with Crippen molar-refractivity contribution in [3.8, 4) is 11.3 Å². The van der Waals surface area contributed by atoms with E-state index in [1.54, 1.807) is 42.5 Å². The fourth-order valence-electron chi connectivity index (χ4n) is 2.71. The highest BCUT2D eigenvalue weighted by atomic mass is 35.5. The molecule has 0 aliphatic rings. The van der Waals surface area contributed by atoms with E-state index in [-0.39, 0.29) is 23.2 Å². The van der Waals surface area contributed by atoms with Crippen molar-refractivity contribution in [2.45, 2.75) is 12.5 Å².